The number of phenols is 1. The first kappa shape index (κ1) is 46.2. The number of cyclic esters (lactones) is 1. The van der Waals surface area contributed by atoms with Crippen molar-refractivity contribution in [1.29, 1.82) is 0 Å². The molecule has 0 spiro atoms. The number of benzene rings is 2. The predicted octanol–water partition coefficient (Wildman–Crippen LogP) is 6.12. The van der Waals surface area contributed by atoms with Gasteiger partial charge in [0, 0.05) is 67.2 Å². The van der Waals surface area contributed by atoms with Gasteiger partial charge in [0.15, 0.2) is 0 Å². The molecule has 0 saturated carbocycles. The van der Waals surface area contributed by atoms with E-state index in [0.29, 0.717) is 57.3 Å². The minimum Gasteiger partial charge on any atom is -0.508 e. The standard InChI is InChI=1S/C51H67N7O7/c1-8-57-44-14-13-33-25-38(44)39(46(57)37-11-9-17-52-45(37)31(4)5)26-51(6,7)29-65-50(63)41-12-10-18-58(55-41)49(62)42(23-32-21-34(33)24-35(59)22-32)54-47(60)40(30(2)3)28-64-36-15-19-56(20-16-36)48(61)43-27-53-43/h9,11,13-14,17,21-22,24-25,30-31,36,40-43,53,55,59H,8,10,12,15-16,18-20,23,26-29H2,1-7H3,(H,54,60)/t40-,41-,42-,43+/m0/s1. The summed E-state index contributed by atoms with van der Waals surface area (Å²) >= 11 is 0. The molecule has 6 bridgehead atoms. The van der Waals surface area contributed by atoms with Crippen LogP contribution in [-0.2, 0) is 48.0 Å². The Morgan fingerprint density at radius 3 is 2.49 bits per heavy atom. The third-order valence-corrected chi connectivity index (χ3v) is 13.6. The lowest BCUT2D eigenvalue weighted by atomic mass is 9.83. The van der Waals surface area contributed by atoms with Gasteiger partial charge in [0.05, 0.1) is 42.7 Å². The van der Waals surface area contributed by atoms with Gasteiger partial charge < -0.3 is 34.7 Å². The number of aromatic nitrogens is 2. The summed E-state index contributed by atoms with van der Waals surface area (Å²) in [5.41, 5.74) is 10.4. The zero-order chi connectivity index (χ0) is 46.2. The van der Waals surface area contributed by atoms with E-state index in [1.54, 1.807) is 12.1 Å². The van der Waals surface area contributed by atoms with Crippen LogP contribution < -0.4 is 16.1 Å². The number of likely N-dealkylation sites (tertiary alicyclic amines) is 1. The van der Waals surface area contributed by atoms with E-state index in [-0.39, 0.29) is 67.1 Å². The van der Waals surface area contributed by atoms with Crippen LogP contribution in [0, 0.1) is 17.3 Å². The number of phenolic OH excluding ortho intramolecular Hbond substituents is 1. The Morgan fingerprint density at radius 2 is 1.78 bits per heavy atom. The van der Waals surface area contributed by atoms with Gasteiger partial charge in [0.2, 0.25) is 11.8 Å². The van der Waals surface area contributed by atoms with Crippen molar-refractivity contribution in [2.24, 2.45) is 17.3 Å². The van der Waals surface area contributed by atoms with Gasteiger partial charge in [-0.3, -0.25) is 29.2 Å². The van der Waals surface area contributed by atoms with Crippen molar-refractivity contribution >= 4 is 34.6 Å². The molecule has 4 aromatic rings. The van der Waals surface area contributed by atoms with E-state index in [1.165, 1.54) is 5.01 Å². The van der Waals surface area contributed by atoms with Crippen LogP contribution in [0.15, 0.2) is 54.7 Å². The minimum absolute atomic E-state index is 0.0446. The van der Waals surface area contributed by atoms with Crippen molar-refractivity contribution < 1.29 is 33.8 Å². The SMILES string of the molecule is CCn1c(-c2cccnc2C(C)C)c2c3cc(ccc31)-c1cc(O)cc(c1)C[C@H](NC(=O)[C@@H](COC1CCN(C(=O)[C@H]3CN3)CC1)C(C)C)C(=O)N1CCC[C@H](N1)C(=O)OCC(C)(C)C2. The topological polar surface area (TPSA) is 177 Å². The third kappa shape index (κ3) is 10.2. The molecule has 4 atom stereocenters. The Hall–Kier alpha value is -5.31. The molecule has 3 fully saturated rings. The molecule has 2 aromatic carbocycles. The number of nitrogens with one attached hydrogen (secondary N) is 3. The molecule has 0 radical (unpaired) electrons. The number of amides is 3. The molecular weight excluding hydrogens is 823 g/mol. The summed E-state index contributed by atoms with van der Waals surface area (Å²) in [6.07, 6.45) is 4.89. The Morgan fingerprint density at radius 1 is 1.02 bits per heavy atom. The van der Waals surface area contributed by atoms with Gasteiger partial charge in [-0.25, -0.2) is 5.43 Å². The minimum atomic E-state index is -1.03. The molecule has 3 saturated heterocycles. The second kappa shape index (κ2) is 19.3. The lowest BCUT2D eigenvalue weighted by molar-refractivity contribution is -0.155. The summed E-state index contributed by atoms with van der Waals surface area (Å²) in [4.78, 5) is 62.2. The van der Waals surface area contributed by atoms with E-state index < -0.39 is 29.4 Å². The number of piperidine rings is 1. The van der Waals surface area contributed by atoms with Gasteiger partial charge in [-0.2, -0.15) is 0 Å². The van der Waals surface area contributed by atoms with Gasteiger partial charge in [-0.05, 0) is 110 Å². The predicted molar refractivity (Wildman–Crippen MR) is 250 cm³/mol. The number of hydrazine groups is 1. The number of hydrogen-bond acceptors (Lipinski definition) is 10. The van der Waals surface area contributed by atoms with Gasteiger partial charge in [-0.1, -0.05) is 53.7 Å². The van der Waals surface area contributed by atoms with Crippen LogP contribution in [0.1, 0.15) is 96.9 Å². The lowest BCUT2D eigenvalue weighted by Crippen LogP contribution is -2.61. The number of hydrogen-bond donors (Lipinski definition) is 4. The monoisotopic (exact) mass is 890 g/mol. The summed E-state index contributed by atoms with van der Waals surface area (Å²) in [7, 11) is 0. The van der Waals surface area contributed by atoms with Crippen LogP contribution in [-0.4, -0.2) is 112 Å². The molecule has 8 rings (SSSR count). The second-order valence-electron chi connectivity index (χ2n) is 20.0. The molecule has 6 heterocycles. The van der Waals surface area contributed by atoms with Crippen LogP contribution in [0.5, 0.6) is 5.75 Å². The van der Waals surface area contributed by atoms with E-state index in [2.05, 4.69) is 79.5 Å². The van der Waals surface area contributed by atoms with Crippen molar-refractivity contribution in [2.75, 3.05) is 39.4 Å². The first-order valence-corrected chi connectivity index (χ1v) is 23.7. The molecule has 2 aromatic heterocycles. The number of aromatic hydroxyl groups is 1. The number of carbonyl (C=O) groups excluding carboxylic acids is 4. The zero-order valence-corrected chi connectivity index (χ0v) is 39.1. The fraction of sp³-hybridized carbons (Fsp3) is 0.549. The van der Waals surface area contributed by atoms with Crippen molar-refractivity contribution in [1.82, 2.24) is 35.5 Å². The van der Waals surface area contributed by atoms with Crippen LogP contribution in [0.25, 0.3) is 33.3 Å². The normalized spacial score (nSPS) is 22.2. The first-order chi connectivity index (χ1) is 31.1. The summed E-state index contributed by atoms with van der Waals surface area (Å²) in [6.45, 7) is 18.0. The molecule has 3 amide bonds. The molecule has 348 valence electrons. The number of rotatable bonds is 10. The average molecular weight is 890 g/mol. The van der Waals surface area contributed by atoms with Crippen molar-refractivity contribution in [3.63, 3.8) is 0 Å². The van der Waals surface area contributed by atoms with Gasteiger partial charge in [-0.15, -0.1) is 0 Å². The van der Waals surface area contributed by atoms with Gasteiger partial charge >= 0.3 is 5.97 Å². The Labute approximate surface area is 382 Å². The van der Waals surface area contributed by atoms with E-state index in [4.69, 9.17) is 14.5 Å². The molecule has 4 N–H and O–H groups in total. The van der Waals surface area contributed by atoms with E-state index in [1.807, 2.05) is 37.1 Å². The fourth-order valence-corrected chi connectivity index (χ4v) is 9.88. The summed E-state index contributed by atoms with van der Waals surface area (Å²) in [5, 5.41) is 20.0. The maximum Gasteiger partial charge on any atom is 0.324 e. The molecule has 0 aliphatic carbocycles. The summed E-state index contributed by atoms with van der Waals surface area (Å²) < 4.78 is 14.8. The number of carbonyl (C=O) groups is 4. The van der Waals surface area contributed by atoms with Crippen molar-refractivity contribution in [3.05, 3.63) is 71.5 Å². The Kier molecular flexibility index (Phi) is 13.7. The fourth-order valence-electron chi connectivity index (χ4n) is 9.88. The highest BCUT2D eigenvalue weighted by Gasteiger charge is 2.38. The quantitative estimate of drug-likeness (QED) is 0.107. The number of pyridine rings is 1. The number of ether oxygens (including phenoxy) is 2. The molecular formula is C51H67N7O7. The summed E-state index contributed by atoms with van der Waals surface area (Å²) in [5.74, 6) is -1.43. The highest BCUT2D eigenvalue weighted by molar-refractivity contribution is 5.96. The number of fused-ring (bicyclic) bond motifs is 6. The van der Waals surface area contributed by atoms with Crippen molar-refractivity contribution in [2.45, 2.75) is 124 Å². The van der Waals surface area contributed by atoms with Crippen LogP contribution in [0.2, 0.25) is 0 Å². The third-order valence-electron chi connectivity index (χ3n) is 13.6. The maximum atomic E-state index is 14.7. The molecule has 4 aliphatic heterocycles. The van der Waals surface area contributed by atoms with Crippen LogP contribution in [0.3, 0.4) is 0 Å². The molecule has 14 heteroatoms. The van der Waals surface area contributed by atoms with Crippen molar-refractivity contribution in [3.8, 4) is 28.1 Å². The van der Waals surface area contributed by atoms with Crippen LogP contribution >= 0.6 is 0 Å². The average Bonchev–Trinajstić information content (AvgIpc) is 4.10. The highest BCUT2D eigenvalue weighted by atomic mass is 16.5. The van der Waals surface area contributed by atoms with Gasteiger partial charge in [0.25, 0.3) is 5.91 Å². The molecule has 14 nitrogen and oxygen atoms in total. The number of nitrogens with zero attached hydrogens (tertiary/aromatic N) is 4. The highest BCUT2D eigenvalue weighted by Crippen LogP contribution is 2.42. The maximum absolute atomic E-state index is 14.7. The Balaban J connectivity index is 1.14. The molecule has 0 unspecified atom stereocenters. The summed E-state index contributed by atoms with van der Waals surface area (Å²) in [6, 6.07) is 14.0. The number of aryl methyl sites for hydroxylation is 1. The van der Waals surface area contributed by atoms with Crippen LogP contribution in [0.4, 0.5) is 0 Å². The lowest BCUT2D eigenvalue weighted by Gasteiger charge is -2.36. The van der Waals surface area contributed by atoms with E-state index in [9.17, 15) is 24.3 Å². The smallest absolute Gasteiger partial charge is 0.324 e. The number of esters is 1. The van der Waals surface area contributed by atoms with E-state index >= 15 is 0 Å². The zero-order valence-electron chi connectivity index (χ0n) is 39.1. The first-order valence-electron chi connectivity index (χ1n) is 23.7. The molecule has 4 aliphatic rings. The van der Waals surface area contributed by atoms with Gasteiger partial charge in [0.1, 0.15) is 17.8 Å². The Bertz CT molecular complexity index is 2410. The largest absolute Gasteiger partial charge is 0.508 e. The second-order valence-corrected chi connectivity index (χ2v) is 20.0. The molecule has 65 heavy (non-hydrogen) atoms. The van der Waals surface area contributed by atoms with E-state index in [0.717, 1.165) is 57.6 Å².